The summed E-state index contributed by atoms with van der Waals surface area (Å²) in [5.41, 5.74) is 0. The van der Waals surface area contributed by atoms with E-state index in [1.54, 1.807) is 0 Å². The molecule has 3 nitrogen and oxygen atoms in total. The molecule has 0 aromatic carbocycles. The minimum absolute atomic E-state index is 0.193. The van der Waals surface area contributed by atoms with Crippen LogP contribution < -0.4 is 0 Å². The van der Waals surface area contributed by atoms with Crippen LogP contribution in [0.3, 0.4) is 0 Å². The van der Waals surface area contributed by atoms with Crippen LogP contribution in [0.1, 0.15) is 0 Å². The molecule has 0 spiro atoms. The molecule has 0 aromatic heterocycles. The molecule has 0 aliphatic heterocycles. The Morgan fingerprint density at radius 2 is 2.40 bits per heavy atom. The fourth-order valence-corrected chi connectivity index (χ4v) is 0.327. The molecular weight excluding hydrogens is 130 g/mol. The van der Waals surface area contributed by atoms with Crippen LogP contribution in [0.5, 0.6) is 0 Å². The number of carbonyl (C=O) groups is 1. The van der Waals surface area contributed by atoms with E-state index in [4.69, 9.17) is 0 Å². The lowest BCUT2D eigenvalue weighted by molar-refractivity contribution is -0.110. The molecule has 0 rings (SSSR count). The fourth-order valence-electron chi connectivity index (χ4n) is 0.327. The number of isocyanates is 1. The number of hydrogen-bond acceptors (Lipinski definition) is 3. The lowest BCUT2D eigenvalue weighted by Gasteiger charge is -1.77. The van der Waals surface area contributed by atoms with Gasteiger partial charge in [-0.2, -0.15) is 0 Å². The Morgan fingerprint density at radius 1 is 1.70 bits per heavy atom. The predicted molar refractivity (Wildman–Crippen MR) is 37.3 cm³/mol. The summed E-state index contributed by atoms with van der Waals surface area (Å²) in [6.45, 7) is 3.45. The maximum atomic E-state index is 10.4. The molecule has 0 radical (unpaired) electrons. The van der Waals surface area contributed by atoms with Crippen molar-refractivity contribution < 1.29 is 9.59 Å². The van der Waals surface area contributed by atoms with Gasteiger partial charge >= 0.3 is 0 Å². The molecule has 0 aliphatic carbocycles. The van der Waals surface area contributed by atoms with Gasteiger partial charge in [-0.15, -0.1) is 0 Å². The first kappa shape index (κ1) is 8.53. The first-order valence-corrected chi connectivity index (χ1v) is 2.68. The van der Waals surface area contributed by atoms with Crippen LogP contribution >= 0.6 is 0 Å². The van der Waals surface area contributed by atoms with Gasteiger partial charge in [0.15, 0.2) is 5.78 Å². The van der Waals surface area contributed by atoms with E-state index in [1.807, 2.05) is 0 Å². The van der Waals surface area contributed by atoms with E-state index < -0.39 is 0 Å². The summed E-state index contributed by atoms with van der Waals surface area (Å²) in [5.74, 6) is -0.193. The number of rotatable bonds is 4. The zero-order valence-corrected chi connectivity index (χ0v) is 5.41. The first-order valence-electron chi connectivity index (χ1n) is 2.68. The SMILES string of the molecule is C=CC(=O)C=CCN=C=O. The van der Waals surface area contributed by atoms with Crippen LogP contribution in [0.15, 0.2) is 29.8 Å². The van der Waals surface area contributed by atoms with Gasteiger partial charge in [0.05, 0.1) is 6.54 Å². The molecule has 0 saturated carbocycles. The molecule has 0 atom stereocenters. The first-order chi connectivity index (χ1) is 4.81. The third-order valence-electron chi connectivity index (χ3n) is 0.745. The highest BCUT2D eigenvalue weighted by Gasteiger charge is 1.81. The van der Waals surface area contributed by atoms with Gasteiger partial charge in [0, 0.05) is 0 Å². The Labute approximate surface area is 58.8 Å². The highest BCUT2D eigenvalue weighted by Crippen LogP contribution is 1.77. The summed E-state index contributed by atoms with van der Waals surface area (Å²) in [6.07, 6.45) is 5.29. The van der Waals surface area contributed by atoms with E-state index in [1.165, 1.54) is 24.3 Å². The highest BCUT2D eigenvalue weighted by molar-refractivity contribution is 5.98. The molecule has 0 bridgehead atoms. The van der Waals surface area contributed by atoms with Gasteiger partial charge in [-0.05, 0) is 12.2 Å². The third-order valence-corrected chi connectivity index (χ3v) is 0.745. The van der Waals surface area contributed by atoms with Gasteiger partial charge < -0.3 is 0 Å². The molecular formula is C7H7NO2. The van der Waals surface area contributed by atoms with Gasteiger partial charge in [0.1, 0.15) is 0 Å². The number of ketones is 1. The smallest absolute Gasteiger partial charge is 0.235 e. The standard InChI is InChI=1S/C7H7NO2/c1-2-7(10)4-3-5-8-6-9/h2-4H,1,5H2. The molecule has 0 amide bonds. The van der Waals surface area contributed by atoms with E-state index in [2.05, 4.69) is 11.6 Å². The molecule has 0 heterocycles. The van der Waals surface area contributed by atoms with Gasteiger partial charge in [-0.1, -0.05) is 12.7 Å². The lowest BCUT2D eigenvalue weighted by atomic mass is 10.3. The second-order valence-electron chi connectivity index (χ2n) is 1.44. The van der Waals surface area contributed by atoms with Crippen molar-refractivity contribution in [1.29, 1.82) is 0 Å². The van der Waals surface area contributed by atoms with Crippen LogP contribution in [0, 0.1) is 0 Å². The normalized spacial score (nSPS) is 8.80. The Morgan fingerprint density at radius 3 is 2.90 bits per heavy atom. The zero-order chi connectivity index (χ0) is 7.82. The largest absolute Gasteiger partial charge is 0.290 e. The van der Waals surface area contributed by atoms with E-state index in [-0.39, 0.29) is 12.3 Å². The molecule has 3 heteroatoms. The Bertz CT molecular complexity index is 200. The second-order valence-corrected chi connectivity index (χ2v) is 1.44. The lowest BCUT2D eigenvalue weighted by Crippen LogP contribution is -1.83. The monoisotopic (exact) mass is 137 g/mol. The van der Waals surface area contributed by atoms with Gasteiger partial charge in [-0.25, -0.2) is 9.79 Å². The Balaban J connectivity index is 3.65. The maximum Gasteiger partial charge on any atom is 0.235 e. The fraction of sp³-hybridized carbons (Fsp3) is 0.143. The van der Waals surface area contributed by atoms with Crippen molar-refractivity contribution in [2.24, 2.45) is 4.99 Å². The van der Waals surface area contributed by atoms with Crippen molar-refractivity contribution in [1.82, 2.24) is 0 Å². The molecule has 0 saturated heterocycles. The third kappa shape index (κ3) is 4.68. The second kappa shape index (κ2) is 5.66. The average Bonchev–Trinajstić information content (AvgIpc) is 1.98. The minimum Gasteiger partial charge on any atom is -0.290 e. The summed E-state index contributed by atoms with van der Waals surface area (Å²) in [7, 11) is 0. The van der Waals surface area contributed by atoms with Crippen molar-refractivity contribution in [3.05, 3.63) is 24.8 Å². The topological polar surface area (TPSA) is 46.5 Å². The maximum absolute atomic E-state index is 10.4. The van der Waals surface area contributed by atoms with Crippen molar-refractivity contribution in [3.8, 4) is 0 Å². The van der Waals surface area contributed by atoms with Crippen LogP contribution in [0.4, 0.5) is 0 Å². The Hall–Kier alpha value is -1.47. The highest BCUT2D eigenvalue weighted by atomic mass is 16.1. The molecule has 0 aliphatic rings. The zero-order valence-electron chi connectivity index (χ0n) is 5.41. The summed E-state index contributed by atoms with van der Waals surface area (Å²) >= 11 is 0. The molecule has 0 aromatic rings. The van der Waals surface area contributed by atoms with E-state index in [9.17, 15) is 9.59 Å². The summed E-state index contributed by atoms with van der Waals surface area (Å²) in [6, 6.07) is 0. The number of carbonyl (C=O) groups excluding carboxylic acids is 2. The molecule has 10 heavy (non-hydrogen) atoms. The van der Waals surface area contributed by atoms with Gasteiger partial charge in [-0.3, -0.25) is 4.79 Å². The van der Waals surface area contributed by atoms with Gasteiger partial charge in [0.2, 0.25) is 6.08 Å². The molecule has 0 N–H and O–H groups in total. The number of aliphatic imine (C=N–C) groups is 1. The molecule has 52 valence electrons. The van der Waals surface area contributed by atoms with Crippen LogP contribution in [0.2, 0.25) is 0 Å². The minimum atomic E-state index is -0.193. The van der Waals surface area contributed by atoms with E-state index >= 15 is 0 Å². The average molecular weight is 137 g/mol. The molecule has 0 unspecified atom stereocenters. The van der Waals surface area contributed by atoms with Crippen molar-refractivity contribution >= 4 is 11.9 Å². The van der Waals surface area contributed by atoms with E-state index in [0.29, 0.717) is 0 Å². The van der Waals surface area contributed by atoms with Crippen LogP contribution in [0.25, 0.3) is 0 Å². The van der Waals surface area contributed by atoms with Crippen molar-refractivity contribution in [2.75, 3.05) is 6.54 Å². The van der Waals surface area contributed by atoms with E-state index in [0.717, 1.165) is 0 Å². The van der Waals surface area contributed by atoms with Crippen LogP contribution in [-0.4, -0.2) is 18.4 Å². The Kier molecular flexibility index (Phi) is 4.83. The quantitative estimate of drug-likeness (QED) is 0.324. The van der Waals surface area contributed by atoms with Crippen molar-refractivity contribution in [2.45, 2.75) is 0 Å². The molecule has 0 fully saturated rings. The summed E-state index contributed by atoms with van der Waals surface area (Å²) in [4.78, 5) is 23.1. The summed E-state index contributed by atoms with van der Waals surface area (Å²) < 4.78 is 0. The number of allylic oxidation sites excluding steroid dienone is 2. The van der Waals surface area contributed by atoms with Gasteiger partial charge in [0.25, 0.3) is 0 Å². The predicted octanol–water partition coefficient (Wildman–Crippen LogP) is 0.633. The summed E-state index contributed by atoms with van der Waals surface area (Å²) in [5, 5.41) is 0. The van der Waals surface area contributed by atoms with Crippen LogP contribution in [-0.2, 0) is 9.59 Å². The number of nitrogens with zero attached hydrogens (tertiary/aromatic N) is 1. The number of hydrogen-bond donors (Lipinski definition) is 0. The van der Waals surface area contributed by atoms with Crippen molar-refractivity contribution in [3.63, 3.8) is 0 Å².